The second kappa shape index (κ2) is 13.0. The van der Waals surface area contributed by atoms with Crippen LogP contribution >= 0.6 is 46.4 Å². The number of sulfonamides is 2. The molecule has 0 atom stereocenters. The Kier molecular flexibility index (Phi) is 10.5. The van der Waals surface area contributed by atoms with Crippen molar-refractivity contribution in [3.63, 3.8) is 0 Å². The fourth-order valence-corrected chi connectivity index (χ4v) is 7.92. The molecule has 3 rings (SSSR count). The lowest BCUT2D eigenvalue weighted by atomic mass is 10.1. The molecule has 0 aliphatic rings. The third kappa shape index (κ3) is 7.20. The van der Waals surface area contributed by atoms with Crippen molar-refractivity contribution in [2.75, 3.05) is 13.1 Å². The van der Waals surface area contributed by atoms with Crippen LogP contribution in [0.3, 0.4) is 0 Å². The van der Waals surface area contributed by atoms with Gasteiger partial charge >= 0.3 is 0 Å². The van der Waals surface area contributed by atoms with Crippen LogP contribution in [-0.2, 0) is 33.1 Å². The number of rotatable bonds is 12. The van der Waals surface area contributed by atoms with Crippen molar-refractivity contribution in [2.45, 2.75) is 22.9 Å². The van der Waals surface area contributed by atoms with Crippen LogP contribution in [0.1, 0.15) is 11.1 Å². The van der Waals surface area contributed by atoms with Gasteiger partial charge in [0.1, 0.15) is 9.79 Å². The molecule has 0 amide bonds. The van der Waals surface area contributed by atoms with Crippen molar-refractivity contribution in [1.82, 2.24) is 8.61 Å². The molecule has 3 aromatic rings. The lowest BCUT2D eigenvalue weighted by Crippen LogP contribution is -2.32. The van der Waals surface area contributed by atoms with Gasteiger partial charge < -0.3 is 0 Å². The topological polar surface area (TPSA) is 74.8 Å². The van der Waals surface area contributed by atoms with Crippen molar-refractivity contribution in [3.8, 4) is 0 Å². The number of benzene rings is 3. The molecule has 0 aromatic heterocycles. The van der Waals surface area contributed by atoms with Gasteiger partial charge in [-0.2, -0.15) is 8.61 Å². The fraction of sp³-hybridized carbons (Fsp3) is 0.154. The molecule has 0 spiro atoms. The minimum absolute atomic E-state index is 0.0135. The summed E-state index contributed by atoms with van der Waals surface area (Å²) in [7, 11) is -8.06. The highest BCUT2D eigenvalue weighted by molar-refractivity contribution is 7.89. The van der Waals surface area contributed by atoms with Crippen molar-refractivity contribution in [3.05, 3.63) is 117 Å². The third-order valence-corrected chi connectivity index (χ3v) is 10.5. The molecule has 38 heavy (non-hydrogen) atoms. The molecule has 0 N–H and O–H groups in total. The summed E-state index contributed by atoms with van der Waals surface area (Å²) < 4.78 is 56.1. The molecular formula is C26H24Cl4N2O4S2. The quantitative estimate of drug-likeness (QED) is 0.200. The summed E-state index contributed by atoms with van der Waals surface area (Å²) in [4.78, 5) is -0.238. The first kappa shape index (κ1) is 30.7. The van der Waals surface area contributed by atoms with Gasteiger partial charge in [0, 0.05) is 36.2 Å². The predicted molar refractivity (Wildman–Crippen MR) is 155 cm³/mol. The summed E-state index contributed by atoms with van der Waals surface area (Å²) in [6, 6.07) is 15.4. The van der Waals surface area contributed by atoms with Crippen molar-refractivity contribution in [1.29, 1.82) is 0 Å². The van der Waals surface area contributed by atoms with Crippen LogP contribution in [0, 0.1) is 0 Å². The molecule has 3 aromatic carbocycles. The lowest BCUT2D eigenvalue weighted by Gasteiger charge is -2.23. The maximum absolute atomic E-state index is 13.4. The van der Waals surface area contributed by atoms with Crippen molar-refractivity contribution >= 4 is 66.5 Å². The first-order valence-corrected chi connectivity index (χ1v) is 15.5. The average molecular weight is 634 g/mol. The van der Waals surface area contributed by atoms with E-state index < -0.39 is 20.0 Å². The Bertz CT molecular complexity index is 1450. The van der Waals surface area contributed by atoms with Gasteiger partial charge in [-0.05, 0) is 47.5 Å². The highest BCUT2D eigenvalue weighted by Crippen LogP contribution is 2.30. The summed E-state index contributed by atoms with van der Waals surface area (Å²) >= 11 is 24.4. The van der Waals surface area contributed by atoms with E-state index in [1.807, 2.05) is 0 Å². The SMILES string of the molecule is C=CCN(Cc1cccc(CN(CC=C)S(=O)(=O)c2cc(Cl)ccc2Cl)c1)S(=O)(=O)c1cc(Cl)ccc1Cl. The smallest absolute Gasteiger partial charge is 0.207 e. The van der Waals surface area contributed by atoms with Gasteiger partial charge in [0.05, 0.1) is 10.0 Å². The van der Waals surface area contributed by atoms with Crippen LogP contribution in [0.15, 0.2) is 95.8 Å². The van der Waals surface area contributed by atoms with Gasteiger partial charge in [0.2, 0.25) is 20.0 Å². The molecule has 0 unspecified atom stereocenters. The highest BCUT2D eigenvalue weighted by atomic mass is 35.5. The molecule has 0 fully saturated rings. The maximum atomic E-state index is 13.4. The summed E-state index contributed by atoms with van der Waals surface area (Å²) in [5.41, 5.74) is 1.26. The van der Waals surface area contributed by atoms with Crippen molar-refractivity contribution in [2.24, 2.45) is 0 Å². The predicted octanol–water partition coefficient (Wildman–Crippen LogP) is 7.05. The van der Waals surface area contributed by atoms with E-state index in [4.69, 9.17) is 46.4 Å². The summed E-state index contributed by atoms with van der Waals surface area (Å²) in [6.45, 7) is 7.33. The molecule has 6 nitrogen and oxygen atoms in total. The Morgan fingerprint density at radius 3 is 1.39 bits per heavy atom. The number of hydrogen-bond donors (Lipinski definition) is 0. The zero-order valence-electron chi connectivity index (χ0n) is 20.0. The number of halogens is 4. The Balaban J connectivity index is 1.93. The first-order chi connectivity index (χ1) is 17.9. The molecule has 0 aliphatic carbocycles. The summed E-state index contributed by atoms with van der Waals surface area (Å²) in [5, 5.41) is 0.554. The standard InChI is InChI=1S/C26H24Cl4N2O4S2/c1-3-12-31(37(33,34)25-15-21(27)8-10-23(25)29)17-19-6-5-7-20(14-19)18-32(13-4-2)38(35,36)26-16-22(28)9-11-24(26)30/h3-11,14-16H,1-2,12-13,17-18H2. The maximum Gasteiger partial charge on any atom is 0.245 e. The van der Waals surface area contributed by atoms with Crippen LogP contribution in [-0.4, -0.2) is 38.5 Å². The van der Waals surface area contributed by atoms with Gasteiger partial charge in [-0.25, -0.2) is 16.8 Å². The Morgan fingerprint density at radius 2 is 1.03 bits per heavy atom. The normalized spacial score (nSPS) is 12.2. The van der Waals surface area contributed by atoms with Crippen LogP contribution in [0.2, 0.25) is 20.1 Å². The molecule has 0 aliphatic heterocycles. The first-order valence-electron chi connectivity index (χ1n) is 11.1. The van der Waals surface area contributed by atoms with Gasteiger partial charge in [-0.3, -0.25) is 0 Å². The molecule has 0 saturated heterocycles. The van der Waals surface area contributed by atoms with E-state index >= 15 is 0 Å². The summed E-state index contributed by atoms with van der Waals surface area (Å²) in [5.74, 6) is 0. The lowest BCUT2D eigenvalue weighted by molar-refractivity contribution is 0.433. The van der Waals surface area contributed by atoms with Crippen molar-refractivity contribution < 1.29 is 16.8 Å². The van der Waals surface area contributed by atoms with E-state index in [1.165, 1.54) is 57.2 Å². The zero-order chi connectivity index (χ0) is 28.1. The van der Waals surface area contributed by atoms with E-state index in [0.29, 0.717) is 11.1 Å². The molecule has 0 heterocycles. The summed E-state index contributed by atoms with van der Waals surface area (Å²) in [6.07, 6.45) is 2.93. The van der Waals surface area contributed by atoms with Crippen LogP contribution in [0.4, 0.5) is 0 Å². The number of nitrogens with zero attached hydrogens (tertiary/aromatic N) is 2. The van der Waals surface area contributed by atoms with Crippen LogP contribution in [0.25, 0.3) is 0 Å². The van der Waals surface area contributed by atoms with E-state index in [1.54, 1.807) is 24.3 Å². The van der Waals surface area contributed by atoms with E-state index in [-0.39, 0.29) is 56.1 Å². The van der Waals surface area contributed by atoms with E-state index in [9.17, 15) is 16.8 Å². The molecule has 0 saturated carbocycles. The molecule has 0 radical (unpaired) electrons. The molecule has 12 heteroatoms. The van der Waals surface area contributed by atoms with Gasteiger partial charge in [0.25, 0.3) is 0 Å². The van der Waals surface area contributed by atoms with Gasteiger partial charge in [-0.15, -0.1) is 13.2 Å². The third-order valence-electron chi connectivity index (χ3n) is 5.40. The van der Waals surface area contributed by atoms with E-state index in [2.05, 4.69) is 13.2 Å². The van der Waals surface area contributed by atoms with Crippen LogP contribution in [0.5, 0.6) is 0 Å². The minimum atomic E-state index is -4.03. The monoisotopic (exact) mass is 632 g/mol. The minimum Gasteiger partial charge on any atom is -0.207 e. The average Bonchev–Trinajstić information content (AvgIpc) is 2.86. The Labute approximate surface area is 243 Å². The highest BCUT2D eigenvalue weighted by Gasteiger charge is 2.28. The second-order valence-corrected chi connectivity index (χ2v) is 13.6. The van der Waals surface area contributed by atoms with Gasteiger partial charge in [0.15, 0.2) is 0 Å². The largest absolute Gasteiger partial charge is 0.245 e. The second-order valence-electron chi connectivity index (χ2n) is 8.14. The Hall–Kier alpha value is -1.88. The van der Waals surface area contributed by atoms with Crippen LogP contribution < -0.4 is 0 Å². The molecular weight excluding hydrogens is 610 g/mol. The fourth-order valence-electron chi connectivity index (χ4n) is 3.64. The Morgan fingerprint density at radius 1 is 0.632 bits per heavy atom. The number of hydrogen-bond acceptors (Lipinski definition) is 4. The van der Waals surface area contributed by atoms with Gasteiger partial charge in [-0.1, -0.05) is 82.8 Å². The van der Waals surface area contributed by atoms with E-state index in [0.717, 1.165) is 0 Å². The zero-order valence-corrected chi connectivity index (χ0v) is 24.7. The molecule has 0 bridgehead atoms. The molecule has 202 valence electrons.